The normalized spacial score (nSPS) is 18.8. The molecule has 0 bridgehead atoms. The Kier molecular flexibility index (Phi) is 3.68. The number of hydrogen-bond acceptors (Lipinski definition) is 2. The minimum Gasteiger partial charge on any atom is -0.324 e. The van der Waals surface area contributed by atoms with Crippen molar-refractivity contribution < 1.29 is 13.2 Å². The van der Waals surface area contributed by atoms with Crippen molar-refractivity contribution >= 4 is 11.8 Å². The molecule has 0 aliphatic heterocycles. The van der Waals surface area contributed by atoms with Crippen molar-refractivity contribution in [3.8, 4) is 0 Å². The van der Waals surface area contributed by atoms with Gasteiger partial charge in [-0.2, -0.15) is 13.2 Å². The Morgan fingerprint density at radius 1 is 1.24 bits per heavy atom. The molecule has 2 rings (SSSR count). The topological polar surface area (TPSA) is 26.0 Å². The van der Waals surface area contributed by atoms with Crippen molar-refractivity contribution in [1.82, 2.24) is 0 Å². The molecule has 5 heteroatoms. The van der Waals surface area contributed by atoms with Gasteiger partial charge in [0.1, 0.15) is 0 Å². The predicted octanol–water partition coefficient (Wildman–Crippen LogP) is 4.10. The molecule has 0 spiro atoms. The molecular weight excluding hydrogens is 247 g/mol. The lowest BCUT2D eigenvalue weighted by Crippen LogP contribution is -2.27. The van der Waals surface area contributed by atoms with Crippen LogP contribution in [-0.2, 0) is 0 Å². The van der Waals surface area contributed by atoms with Crippen LogP contribution in [0.4, 0.5) is 13.2 Å². The number of halogens is 3. The Balaban J connectivity index is 2.20. The maximum atomic E-state index is 12.4. The number of benzene rings is 1. The third-order valence-electron chi connectivity index (χ3n) is 3.16. The fourth-order valence-corrected chi connectivity index (χ4v) is 2.74. The Morgan fingerprint density at radius 3 is 2.41 bits per heavy atom. The summed E-state index contributed by atoms with van der Waals surface area (Å²) >= 11 is -0.0723. The highest BCUT2D eigenvalue weighted by Gasteiger charge is 2.33. The molecule has 1 aromatic rings. The summed E-state index contributed by atoms with van der Waals surface area (Å²) in [4.78, 5) is 0.236. The second-order valence-corrected chi connectivity index (χ2v) is 5.41. The number of rotatable bonds is 3. The third-order valence-corrected chi connectivity index (χ3v) is 3.98. The number of alkyl halides is 3. The highest BCUT2D eigenvalue weighted by Crippen LogP contribution is 2.43. The van der Waals surface area contributed by atoms with Crippen LogP contribution in [0.25, 0.3) is 0 Å². The summed E-state index contributed by atoms with van der Waals surface area (Å²) in [5, 5.41) is 0. The first-order chi connectivity index (χ1) is 7.97. The lowest BCUT2D eigenvalue weighted by atomic mass is 9.77. The molecule has 0 unspecified atom stereocenters. The van der Waals surface area contributed by atoms with Crippen LogP contribution in [0.15, 0.2) is 29.2 Å². The maximum Gasteiger partial charge on any atom is 0.446 e. The summed E-state index contributed by atoms with van der Waals surface area (Å²) in [6.45, 7) is 0. The van der Waals surface area contributed by atoms with E-state index in [2.05, 4.69) is 0 Å². The van der Waals surface area contributed by atoms with E-state index in [1.54, 1.807) is 18.2 Å². The van der Waals surface area contributed by atoms with Gasteiger partial charge in [0.15, 0.2) is 0 Å². The van der Waals surface area contributed by atoms with Gasteiger partial charge in [-0.15, -0.1) is 0 Å². The van der Waals surface area contributed by atoms with Crippen LogP contribution in [0.5, 0.6) is 0 Å². The van der Waals surface area contributed by atoms with Crippen molar-refractivity contribution in [1.29, 1.82) is 0 Å². The molecule has 1 saturated carbocycles. The van der Waals surface area contributed by atoms with E-state index in [1.165, 1.54) is 6.07 Å². The third kappa shape index (κ3) is 3.16. The standard InChI is InChI=1S/C12H14F3NS/c13-12(14,15)17-10-7-2-1-6-9(10)11(16)8-4-3-5-8/h1-2,6-8,11H,3-5,16H2/t11-/m1/s1. The van der Waals surface area contributed by atoms with Crippen LogP contribution in [0.2, 0.25) is 0 Å². The quantitative estimate of drug-likeness (QED) is 0.829. The Morgan fingerprint density at radius 2 is 1.88 bits per heavy atom. The molecule has 1 atom stereocenters. The van der Waals surface area contributed by atoms with Gasteiger partial charge < -0.3 is 5.73 Å². The average Bonchev–Trinajstić information content (AvgIpc) is 2.13. The van der Waals surface area contributed by atoms with Gasteiger partial charge in [-0.25, -0.2) is 0 Å². The SMILES string of the molecule is N[C@@H](c1ccccc1SC(F)(F)F)C1CCC1. The zero-order chi connectivity index (χ0) is 12.5. The van der Waals surface area contributed by atoms with Gasteiger partial charge >= 0.3 is 5.51 Å². The molecule has 0 aromatic heterocycles. The molecular formula is C12H14F3NS. The van der Waals surface area contributed by atoms with Crippen molar-refractivity contribution in [2.24, 2.45) is 11.7 Å². The second kappa shape index (κ2) is 4.90. The Hall–Kier alpha value is -0.680. The van der Waals surface area contributed by atoms with Crippen molar-refractivity contribution in [2.75, 3.05) is 0 Å². The predicted molar refractivity (Wildman–Crippen MR) is 62.6 cm³/mol. The van der Waals surface area contributed by atoms with Crippen LogP contribution in [0.1, 0.15) is 30.9 Å². The van der Waals surface area contributed by atoms with Gasteiger partial charge in [0.05, 0.1) is 0 Å². The first kappa shape index (κ1) is 12.8. The first-order valence-electron chi connectivity index (χ1n) is 5.57. The van der Waals surface area contributed by atoms with Crippen molar-refractivity contribution in [3.05, 3.63) is 29.8 Å². The minimum absolute atomic E-state index is 0.0723. The molecule has 17 heavy (non-hydrogen) atoms. The molecule has 1 nitrogen and oxygen atoms in total. The molecule has 0 heterocycles. The van der Waals surface area contributed by atoms with Crippen molar-refractivity contribution in [3.63, 3.8) is 0 Å². The van der Waals surface area contributed by atoms with Crippen LogP contribution < -0.4 is 5.73 Å². The van der Waals surface area contributed by atoms with E-state index in [1.807, 2.05) is 0 Å². The van der Waals surface area contributed by atoms with Gasteiger partial charge in [-0.3, -0.25) is 0 Å². The molecule has 1 aliphatic carbocycles. The van der Waals surface area contributed by atoms with E-state index >= 15 is 0 Å². The summed E-state index contributed by atoms with van der Waals surface area (Å²) in [6.07, 6.45) is 3.17. The lowest BCUT2D eigenvalue weighted by molar-refractivity contribution is -0.0328. The average molecular weight is 261 g/mol. The van der Waals surface area contributed by atoms with Gasteiger partial charge in [-0.05, 0) is 42.2 Å². The van der Waals surface area contributed by atoms with E-state index < -0.39 is 5.51 Å². The minimum atomic E-state index is -4.25. The summed E-state index contributed by atoms with van der Waals surface area (Å²) in [5.41, 5.74) is 2.41. The van der Waals surface area contributed by atoms with Crippen LogP contribution in [0.3, 0.4) is 0 Å². The van der Waals surface area contributed by atoms with E-state index in [9.17, 15) is 13.2 Å². The molecule has 0 saturated heterocycles. The van der Waals surface area contributed by atoms with Crippen LogP contribution >= 0.6 is 11.8 Å². The summed E-state index contributed by atoms with van der Waals surface area (Å²) in [7, 11) is 0. The number of thioether (sulfide) groups is 1. The molecule has 0 radical (unpaired) electrons. The smallest absolute Gasteiger partial charge is 0.324 e. The number of hydrogen-bond donors (Lipinski definition) is 1. The summed E-state index contributed by atoms with van der Waals surface area (Å²) < 4.78 is 37.2. The first-order valence-corrected chi connectivity index (χ1v) is 6.39. The number of nitrogens with two attached hydrogens (primary N) is 1. The molecule has 1 fully saturated rings. The molecule has 2 N–H and O–H groups in total. The second-order valence-electron chi connectivity index (χ2n) is 4.30. The lowest BCUT2D eigenvalue weighted by Gasteiger charge is -2.32. The van der Waals surface area contributed by atoms with Gasteiger partial charge in [0.2, 0.25) is 0 Å². The van der Waals surface area contributed by atoms with Gasteiger partial charge in [0.25, 0.3) is 0 Å². The van der Waals surface area contributed by atoms with Gasteiger partial charge in [0, 0.05) is 10.9 Å². The zero-order valence-corrected chi connectivity index (χ0v) is 10.0. The highest BCUT2D eigenvalue weighted by molar-refractivity contribution is 8.00. The Bertz CT molecular complexity index is 388. The fourth-order valence-electron chi connectivity index (χ4n) is 2.03. The molecule has 0 amide bonds. The van der Waals surface area contributed by atoms with E-state index in [0.29, 0.717) is 11.5 Å². The van der Waals surface area contributed by atoms with Gasteiger partial charge in [-0.1, -0.05) is 24.6 Å². The molecule has 1 aromatic carbocycles. The molecule has 94 valence electrons. The zero-order valence-electron chi connectivity index (χ0n) is 9.20. The van der Waals surface area contributed by atoms with Crippen molar-refractivity contribution in [2.45, 2.75) is 35.7 Å². The van der Waals surface area contributed by atoms with Crippen LogP contribution in [0, 0.1) is 5.92 Å². The fraction of sp³-hybridized carbons (Fsp3) is 0.500. The largest absolute Gasteiger partial charge is 0.446 e. The molecule has 1 aliphatic rings. The highest BCUT2D eigenvalue weighted by atomic mass is 32.2. The monoisotopic (exact) mass is 261 g/mol. The summed E-state index contributed by atoms with van der Waals surface area (Å²) in [6, 6.07) is 6.29. The van der Waals surface area contributed by atoms with Crippen LogP contribution in [-0.4, -0.2) is 5.51 Å². The van der Waals surface area contributed by atoms with E-state index in [-0.39, 0.29) is 22.7 Å². The van der Waals surface area contributed by atoms with E-state index in [0.717, 1.165) is 19.3 Å². The summed E-state index contributed by atoms with van der Waals surface area (Å²) in [5.74, 6) is 0.338. The van der Waals surface area contributed by atoms with E-state index in [4.69, 9.17) is 5.73 Å². The maximum absolute atomic E-state index is 12.4. The Labute approximate surface area is 103 Å².